The molecular formula is C20H22N4O2S. The van der Waals surface area contributed by atoms with E-state index in [1.165, 1.54) is 11.8 Å². The highest BCUT2D eigenvalue weighted by Crippen LogP contribution is 2.17. The summed E-state index contributed by atoms with van der Waals surface area (Å²) in [5, 5.41) is 13.6. The lowest BCUT2D eigenvalue weighted by Gasteiger charge is -2.09. The third kappa shape index (κ3) is 5.34. The van der Waals surface area contributed by atoms with Crippen LogP contribution in [-0.2, 0) is 6.61 Å². The topological polar surface area (TPSA) is 61.5 Å². The van der Waals surface area contributed by atoms with Crippen LogP contribution in [0.2, 0.25) is 0 Å². The van der Waals surface area contributed by atoms with Crippen LogP contribution in [0, 0.1) is 0 Å². The van der Waals surface area contributed by atoms with E-state index in [-0.39, 0.29) is 12.7 Å². The van der Waals surface area contributed by atoms with E-state index >= 15 is 0 Å². The van der Waals surface area contributed by atoms with Crippen molar-refractivity contribution in [3.8, 4) is 11.5 Å². The fourth-order valence-corrected chi connectivity index (χ4v) is 2.77. The van der Waals surface area contributed by atoms with Gasteiger partial charge in [-0.05, 0) is 62.1 Å². The van der Waals surface area contributed by atoms with Gasteiger partial charge in [-0.25, -0.2) is 0 Å². The molecule has 0 fully saturated rings. The second kappa shape index (κ2) is 9.23. The molecule has 0 spiro atoms. The van der Waals surface area contributed by atoms with E-state index < -0.39 is 0 Å². The fourth-order valence-electron chi connectivity index (χ4n) is 2.32. The van der Waals surface area contributed by atoms with Crippen LogP contribution in [0.1, 0.15) is 25.2 Å². The largest absolute Gasteiger partial charge is 0.491 e. The molecule has 0 bridgehead atoms. The van der Waals surface area contributed by atoms with Crippen LogP contribution in [0.15, 0.2) is 64.9 Å². The highest BCUT2D eigenvalue weighted by molar-refractivity contribution is 7.98. The average Bonchev–Trinajstić information content (AvgIpc) is 3.08. The molecule has 3 aromatic rings. The Balaban J connectivity index is 1.73. The summed E-state index contributed by atoms with van der Waals surface area (Å²) in [4.78, 5) is 0. The Morgan fingerprint density at radius 3 is 2.44 bits per heavy atom. The molecule has 0 aliphatic rings. The zero-order valence-corrected chi connectivity index (χ0v) is 16.4. The molecule has 3 rings (SSSR count). The first-order valence-corrected chi connectivity index (χ1v) is 9.85. The first kappa shape index (κ1) is 19.0. The lowest BCUT2D eigenvalue weighted by atomic mass is 10.2. The molecule has 27 heavy (non-hydrogen) atoms. The molecule has 0 unspecified atom stereocenters. The number of para-hydroxylation sites is 1. The quantitative estimate of drug-likeness (QED) is 0.431. The fraction of sp³-hybridized carbons (Fsp3) is 0.250. The number of ether oxygens (including phenoxy) is 2. The summed E-state index contributed by atoms with van der Waals surface area (Å²) in [5.41, 5.74) is 0.960. The number of aromatic nitrogens is 3. The summed E-state index contributed by atoms with van der Waals surface area (Å²) in [6.07, 6.45) is 3.86. The van der Waals surface area contributed by atoms with Crippen molar-refractivity contribution in [2.24, 2.45) is 5.10 Å². The number of hydrogen-bond donors (Lipinski definition) is 0. The van der Waals surface area contributed by atoms with Gasteiger partial charge in [-0.1, -0.05) is 30.0 Å². The Hall–Kier alpha value is -2.80. The van der Waals surface area contributed by atoms with E-state index in [9.17, 15) is 0 Å². The van der Waals surface area contributed by atoms with Gasteiger partial charge in [-0.3, -0.25) is 0 Å². The van der Waals surface area contributed by atoms with Gasteiger partial charge in [0.05, 0.1) is 12.3 Å². The number of hydrogen-bond acceptors (Lipinski definition) is 6. The first-order valence-electron chi connectivity index (χ1n) is 8.63. The van der Waals surface area contributed by atoms with Gasteiger partial charge < -0.3 is 9.47 Å². The van der Waals surface area contributed by atoms with E-state index in [0.29, 0.717) is 11.0 Å². The molecule has 140 valence electrons. The number of nitrogens with zero attached hydrogens (tertiary/aromatic N) is 4. The normalized spacial score (nSPS) is 11.3. The van der Waals surface area contributed by atoms with Gasteiger partial charge >= 0.3 is 0 Å². The predicted octanol–water partition coefficient (Wildman–Crippen LogP) is 4.25. The van der Waals surface area contributed by atoms with Crippen LogP contribution in [0.25, 0.3) is 0 Å². The molecule has 0 saturated heterocycles. The third-order valence-corrected chi connectivity index (χ3v) is 4.16. The monoisotopic (exact) mass is 382 g/mol. The third-order valence-electron chi connectivity index (χ3n) is 3.54. The van der Waals surface area contributed by atoms with Gasteiger partial charge in [0.2, 0.25) is 5.16 Å². The molecule has 6 nitrogen and oxygen atoms in total. The standard InChI is InChI=1S/C20H22N4O2S/c1-15(2)26-18-11-9-16(10-12-18)13-21-24-19(22-23-20(24)27-3)14-25-17-7-5-4-6-8-17/h4-13,15H,14H2,1-3H3/b21-13-. The van der Waals surface area contributed by atoms with E-state index in [2.05, 4.69) is 15.3 Å². The second-order valence-electron chi connectivity index (χ2n) is 6.00. The molecule has 0 radical (unpaired) electrons. The maximum absolute atomic E-state index is 5.77. The number of benzene rings is 2. The molecule has 1 aromatic heterocycles. The average molecular weight is 382 g/mol. The van der Waals surface area contributed by atoms with Crippen molar-refractivity contribution in [2.75, 3.05) is 6.26 Å². The van der Waals surface area contributed by atoms with Crippen LogP contribution in [0.5, 0.6) is 11.5 Å². The zero-order chi connectivity index (χ0) is 19.1. The summed E-state index contributed by atoms with van der Waals surface area (Å²) >= 11 is 1.48. The summed E-state index contributed by atoms with van der Waals surface area (Å²) in [6, 6.07) is 17.4. The van der Waals surface area contributed by atoms with Crippen LogP contribution < -0.4 is 9.47 Å². The number of thioether (sulfide) groups is 1. The van der Waals surface area contributed by atoms with Crippen molar-refractivity contribution in [3.05, 3.63) is 66.0 Å². The Bertz CT molecular complexity index is 877. The first-order chi connectivity index (χ1) is 13.2. The van der Waals surface area contributed by atoms with Crippen LogP contribution in [-0.4, -0.2) is 33.4 Å². The van der Waals surface area contributed by atoms with Crippen LogP contribution >= 0.6 is 11.8 Å². The maximum Gasteiger partial charge on any atom is 0.211 e. The Morgan fingerprint density at radius 1 is 1.04 bits per heavy atom. The minimum Gasteiger partial charge on any atom is -0.491 e. The summed E-state index contributed by atoms with van der Waals surface area (Å²) in [6.45, 7) is 4.30. The van der Waals surface area contributed by atoms with Crippen molar-refractivity contribution in [2.45, 2.75) is 31.7 Å². The van der Waals surface area contributed by atoms with Crippen LogP contribution in [0.3, 0.4) is 0 Å². The molecule has 0 N–H and O–H groups in total. The highest BCUT2D eigenvalue weighted by Gasteiger charge is 2.11. The molecule has 0 atom stereocenters. The molecular weight excluding hydrogens is 360 g/mol. The Labute approximate surface area is 163 Å². The molecule has 1 heterocycles. The predicted molar refractivity (Wildman–Crippen MR) is 108 cm³/mol. The van der Waals surface area contributed by atoms with E-state index in [0.717, 1.165) is 17.1 Å². The maximum atomic E-state index is 5.77. The smallest absolute Gasteiger partial charge is 0.211 e. The van der Waals surface area contributed by atoms with Crippen LogP contribution in [0.4, 0.5) is 0 Å². The van der Waals surface area contributed by atoms with Crippen molar-refractivity contribution < 1.29 is 9.47 Å². The van der Waals surface area contributed by atoms with Gasteiger partial charge in [0.15, 0.2) is 5.82 Å². The molecule has 0 amide bonds. The Morgan fingerprint density at radius 2 is 1.78 bits per heavy atom. The van der Waals surface area contributed by atoms with Crippen molar-refractivity contribution >= 4 is 18.0 Å². The van der Waals surface area contributed by atoms with Gasteiger partial charge in [0, 0.05) is 0 Å². The van der Waals surface area contributed by atoms with Crippen molar-refractivity contribution in [3.63, 3.8) is 0 Å². The van der Waals surface area contributed by atoms with E-state index in [4.69, 9.17) is 9.47 Å². The summed E-state index contributed by atoms with van der Waals surface area (Å²) in [7, 11) is 0. The molecule has 0 saturated carbocycles. The second-order valence-corrected chi connectivity index (χ2v) is 6.77. The number of rotatable bonds is 8. The lowest BCUT2D eigenvalue weighted by Crippen LogP contribution is -2.05. The van der Waals surface area contributed by atoms with Gasteiger partial charge in [-0.2, -0.15) is 9.78 Å². The minimum atomic E-state index is 0.151. The van der Waals surface area contributed by atoms with Gasteiger partial charge in [-0.15, -0.1) is 10.2 Å². The summed E-state index contributed by atoms with van der Waals surface area (Å²) in [5.74, 6) is 2.26. The molecule has 7 heteroatoms. The van der Waals surface area contributed by atoms with Crippen molar-refractivity contribution in [1.82, 2.24) is 14.9 Å². The van der Waals surface area contributed by atoms with Crippen molar-refractivity contribution in [1.29, 1.82) is 0 Å². The Kier molecular flexibility index (Phi) is 6.49. The highest BCUT2D eigenvalue weighted by atomic mass is 32.2. The van der Waals surface area contributed by atoms with E-state index in [1.807, 2.05) is 74.7 Å². The lowest BCUT2D eigenvalue weighted by molar-refractivity contribution is 0.242. The molecule has 0 aliphatic heterocycles. The SMILES string of the molecule is CSc1nnc(COc2ccccc2)n1/N=C\c1ccc(OC(C)C)cc1. The van der Waals surface area contributed by atoms with Gasteiger partial charge in [0.25, 0.3) is 0 Å². The molecule has 2 aromatic carbocycles. The minimum absolute atomic E-state index is 0.151. The van der Waals surface area contributed by atoms with E-state index in [1.54, 1.807) is 10.9 Å². The molecule has 0 aliphatic carbocycles. The summed E-state index contributed by atoms with van der Waals surface area (Å²) < 4.78 is 13.1. The van der Waals surface area contributed by atoms with Gasteiger partial charge in [0.1, 0.15) is 18.1 Å². The zero-order valence-electron chi connectivity index (χ0n) is 15.6.